The van der Waals surface area contributed by atoms with Crippen LogP contribution in [0.25, 0.3) is 11.3 Å². The molecule has 0 saturated heterocycles. The third-order valence-corrected chi connectivity index (χ3v) is 4.13. The molecule has 0 unspecified atom stereocenters. The lowest BCUT2D eigenvalue weighted by molar-refractivity contribution is -0.119. The smallest absolute Gasteiger partial charge is 0.229 e. The van der Waals surface area contributed by atoms with Crippen LogP contribution in [0.3, 0.4) is 0 Å². The van der Waals surface area contributed by atoms with Crippen LogP contribution in [0.15, 0.2) is 29.6 Å². The molecule has 0 spiro atoms. The lowest BCUT2D eigenvalue weighted by Gasteiger charge is -2.18. The molecule has 21 heavy (non-hydrogen) atoms. The molecule has 0 aliphatic rings. The highest BCUT2D eigenvalue weighted by Crippen LogP contribution is 2.28. The van der Waals surface area contributed by atoms with E-state index >= 15 is 0 Å². The Labute approximate surface area is 130 Å². The van der Waals surface area contributed by atoms with Gasteiger partial charge in [0.15, 0.2) is 5.13 Å². The van der Waals surface area contributed by atoms with Crippen LogP contribution in [0.4, 0.5) is 5.13 Å². The van der Waals surface area contributed by atoms with Gasteiger partial charge >= 0.3 is 0 Å². The van der Waals surface area contributed by atoms with Crippen LogP contribution in [0, 0.1) is 12.8 Å². The topological polar surface area (TPSA) is 33.2 Å². The molecule has 0 radical (unpaired) electrons. The Morgan fingerprint density at radius 2 is 1.95 bits per heavy atom. The maximum absolute atomic E-state index is 12.3. The number of carbonyl (C=O) groups is 1. The number of carbonyl (C=O) groups excluding carboxylic acids is 1. The van der Waals surface area contributed by atoms with E-state index in [4.69, 9.17) is 0 Å². The van der Waals surface area contributed by atoms with Gasteiger partial charge in [0.05, 0.1) is 5.69 Å². The van der Waals surface area contributed by atoms with Gasteiger partial charge in [-0.2, -0.15) is 0 Å². The van der Waals surface area contributed by atoms with Crippen LogP contribution in [0.2, 0.25) is 0 Å². The largest absolute Gasteiger partial charge is 0.288 e. The number of aromatic nitrogens is 1. The van der Waals surface area contributed by atoms with Crippen LogP contribution < -0.4 is 4.90 Å². The molecule has 2 rings (SSSR count). The molecule has 0 atom stereocenters. The molecule has 0 aliphatic heterocycles. The van der Waals surface area contributed by atoms with E-state index in [0.29, 0.717) is 18.9 Å². The third-order valence-electron chi connectivity index (χ3n) is 3.27. The number of hydrogen-bond acceptors (Lipinski definition) is 3. The van der Waals surface area contributed by atoms with Crippen molar-refractivity contribution in [1.82, 2.24) is 4.98 Å². The minimum Gasteiger partial charge on any atom is -0.288 e. The lowest BCUT2D eigenvalue weighted by Crippen LogP contribution is -2.31. The normalized spacial score (nSPS) is 10.9. The molecule has 1 amide bonds. The van der Waals surface area contributed by atoms with Gasteiger partial charge in [0.1, 0.15) is 0 Å². The minimum atomic E-state index is 0.150. The summed E-state index contributed by atoms with van der Waals surface area (Å²) >= 11 is 1.53. The SMILES string of the molecule is CCN(C(=O)CC(C)C)c1nc(-c2ccc(C)cc2)cs1. The molecule has 3 nitrogen and oxygen atoms in total. The van der Waals surface area contributed by atoms with Gasteiger partial charge in [-0.15, -0.1) is 11.3 Å². The van der Waals surface area contributed by atoms with Crippen molar-refractivity contribution in [3.63, 3.8) is 0 Å². The first-order valence-electron chi connectivity index (χ1n) is 7.34. The van der Waals surface area contributed by atoms with Crippen LogP contribution >= 0.6 is 11.3 Å². The van der Waals surface area contributed by atoms with Crippen molar-refractivity contribution >= 4 is 22.4 Å². The number of benzene rings is 1. The van der Waals surface area contributed by atoms with Crippen molar-refractivity contribution in [3.8, 4) is 11.3 Å². The molecule has 0 bridgehead atoms. The zero-order valence-electron chi connectivity index (χ0n) is 13.1. The molecule has 4 heteroatoms. The molecular formula is C17H22N2OS. The average Bonchev–Trinajstić information content (AvgIpc) is 2.89. The Kier molecular flexibility index (Phi) is 5.12. The summed E-state index contributed by atoms with van der Waals surface area (Å²) in [6.07, 6.45) is 0.563. The minimum absolute atomic E-state index is 0.150. The van der Waals surface area contributed by atoms with Crippen molar-refractivity contribution < 1.29 is 4.79 Å². The number of aryl methyl sites for hydroxylation is 1. The lowest BCUT2D eigenvalue weighted by atomic mass is 10.1. The van der Waals surface area contributed by atoms with Crippen LogP contribution in [0.5, 0.6) is 0 Å². The van der Waals surface area contributed by atoms with Crippen molar-refractivity contribution in [2.45, 2.75) is 34.1 Å². The third kappa shape index (κ3) is 3.91. The fourth-order valence-corrected chi connectivity index (χ4v) is 3.04. The number of hydrogen-bond donors (Lipinski definition) is 0. The summed E-state index contributed by atoms with van der Waals surface area (Å²) in [6, 6.07) is 8.30. The molecule has 1 heterocycles. The summed E-state index contributed by atoms with van der Waals surface area (Å²) < 4.78 is 0. The summed E-state index contributed by atoms with van der Waals surface area (Å²) in [5, 5.41) is 2.81. The van der Waals surface area contributed by atoms with E-state index in [0.717, 1.165) is 16.4 Å². The van der Waals surface area contributed by atoms with Crippen LogP contribution in [-0.2, 0) is 4.79 Å². The Bertz CT molecular complexity index is 602. The summed E-state index contributed by atoms with van der Waals surface area (Å²) in [6.45, 7) is 8.84. The van der Waals surface area contributed by atoms with E-state index in [9.17, 15) is 4.79 Å². The highest BCUT2D eigenvalue weighted by atomic mass is 32.1. The molecule has 1 aromatic carbocycles. The van der Waals surface area contributed by atoms with Gasteiger partial charge in [-0.3, -0.25) is 9.69 Å². The second-order valence-corrected chi connectivity index (χ2v) is 6.45. The van der Waals surface area contributed by atoms with Gasteiger partial charge in [0.2, 0.25) is 5.91 Å². The summed E-state index contributed by atoms with van der Waals surface area (Å²) in [5.41, 5.74) is 3.26. The number of amides is 1. The highest BCUT2D eigenvalue weighted by Gasteiger charge is 2.18. The van der Waals surface area contributed by atoms with Gasteiger partial charge in [-0.1, -0.05) is 43.7 Å². The first-order valence-corrected chi connectivity index (χ1v) is 8.22. The molecule has 0 fully saturated rings. The van der Waals surface area contributed by atoms with Crippen molar-refractivity contribution in [2.24, 2.45) is 5.92 Å². The fraction of sp³-hybridized carbons (Fsp3) is 0.412. The van der Waals surface area contributed by atoms with E-state index in [1.807, 2.05) is 12.3 Å². The zero-order chi connectivity index (χ0) is 15.4. The summed E-state index contributed by atoms with van der Waals surface area (Å²) in [4.78, 5) is 18.7. The second-order valence-electron chi connectivity index (χ2n) is 5.62. The van der Waals surface area contributed by atoms with Gasteiger partial charge in [0, 0.05) is 23.9 Å². The molecule has 0 aliphatic carbocycles. The molecule has 1 aromatic heterocycles. The number of thiazole rings is 1. The highest BCUT2D eigenvalue weighted by molar-refractivity contribution is 7.14. The predicted molar refractivity (Wildman–Crippen MR) is 89.8 cm³/mol. The van der Waals surface area contributed by atoms with Gasteiger partial charge < -0.3 is 0 Å². The Morgan fingerprint density at radius 3 is 2.52 bits per heavy atom. The molecule has 2 aromatic rings. The first-order chi connectivity index (χ1) is 10.0. The second kappa shape index (κ2) is 6.85. The van der Waals surface area contributed by atoms with E-state index < -0.39 is 0 Å². The van der Waals surface area contributed by atoms with Crippen molar-refractivity contribution in [2.75, 3.05) is 11.4 Å². The van der Waals surface area contributed by atoms with Gasteiger partial charge in [0.25, 0.3) is 0 Å². The Morgan fingerprint density at radius 1 is 1.29 bits per heavy atom. The number of nitrogens with zero attached hydrogens (tertiary/aromatic N) is 2. The molecular weight excluding hydrogens is 280 g/mol. The monoisotopic (exact) mass is 302 g/mol. The maximum Gasteiger partial charge on any atom is 0.229 e. The molecule has 112 valence electrons. The molecule has 0 saturated carbocycles. The zero-order valence-corrected chi connectivity index (χ0v) is 13.9. The van der Waals surface area contributed by atoms with Gasteiger partial charge in [-0.05, 0) is 19.8 Å². The Hall–Kier alpha value is -1.68. The number of rotatable bonds is 5. The predicted octanol–water partition coefficient (Wildman–Crippen LogP) is 4.52. The van der Waals surface area contributed by atoms with Crippen LogP contribution in [-0.4, -0.2) is 17.4 Å². The standard InChI is InChI=1S/C17H22N2OS/c1-5-19(16(20)10-12(2)3)17-18-15(11-21-17)14-8-6-13(4)7-9-14/h6-9,11-12H,5,10H2,1-4H3. The quantitative estimate of drug-likeness (QED) is 0.813. The average molecular weight is 302 g/mol. The van der Waals surface area contributed by atoms with E-state index in [-0.39, 0.29) is 5.91 Å². The van der Waals surface area contributed by atoms with E-state index in [1.54, 1.807) is 4.90 Å². The first kappa shape index (κ1) is 15.7. The van der Waals surface area contributed by atoms with E-state index in [1.165, 1.54) is 16.9 Å². The molecule has 0 N–H and O–H groups in total. The van der Waals surface area contributed by atoms with Crippen LogP contribution in [0.1, 0.15) is 32.8 Å². The van der Waals surface area contributed by atoms with Gasteiger partial charge in [-0.25, -0.2) is 4.98 Å². The van der Waals surface area contributed by atoms with Crippen molar-refractivity contribution in [3.05, 3.63) is 35.2 Å². The summed E-state index contributed by atoms with van der Waals surface area (Å²) in [7, 11) is 0. The fourth-order valence-electron chi connectivity index (χ4n) is 2.12. The Balaban J connectivity index is 2.21. The summed E-state index contributed by atoms with van der Waals surface area (Å²) in [5.74, 6) is 0.514. The van der Waals surface area contributed by atoms with E-state index in [2.05, 4.69) is 50.0 Å². The maximum atomic E-state index is 12.3. The van der Waals surface area contributed by atoms with Crippen molar-refractivity contribution in [1.29, 1.82) is 0 Å². The number of anilines is 1.